The van der Waals surface area contributed by atoms with E-state index in [9.17, 15) is 4.79 Å². The molecule has 1 amide bonds. The van der Waals surface area contributed by atoms with E-state index in [2.05, 4.69) is 26.3 Å². The molecule has 1 aromatic heterocycles. The molecule has 0 fully saturated rings. The largest absolute Gasteiger partial charge is 0.493 e. The van der Waals surface area contributed by atoms with Gasteiger partial charge in [0.05, 0.1) is 51.4 Å². The van der Waals surface area contributed by atoms with Crippen molar-refractivity contribution in [3.05, 3.63) is 70.5 Å². The molecule has 2 aromatic carbocycles. The van der Waals surface area contributed by atoms with Crippen LogP contribution in [0.2, 0.25) is 0 Å². The summed E-state index contributed by atoms with van der Waals surface area (Å²) in [7, 11) is 3.07. The molecule has 1 N–H and O–H groups in total. The number of carbonyl (C=O) groups excluding carboxylic acids is 1. The van der Waals surface area contributed by atoms with Crippen LogP contribution in [0.4, 0.5) is 5.69 Å². The highest BCUT2D eigenvalue weighted by molar-refractivity contribution is 9.10. The molecule has 152 valence electrons. The molecule has 7 nitrogen and oxygen atoms in total. The third-order valence-electron chi connectivity index (χ3n) is 4.19. The summed E-state index contributed by atoms with van der Waals surface area (Å²) in [6.45, 7) is 1.66. The summed E-state index contributed by atoms with van der Waals surface area (Å²) in [4.78, 5) is 12.6. The fraction of sp³-hybridized carbons (Fsp3) is 0.238. The molecule has 0 aliphatic carbocycles. The lowest BCUT2D eigenvalue weighted by Crippen LogP contribution is -2.13. The minimum atomic E-state index is -0.280. The van der Waals surface area contributed by atoms with E-state index in [1.54, 1.807) is 36.3 Å². The van der Waals surface area contributed by atoms with Crippen LogP contribution >= 0.6 is 15.9 Å². The van der Waals surface area contributed by atoms with E-state index in [0.29, 0.717) is 47.0 Å². The number of ether oxygens (including phenoxy) is 3. The highest BCUT2D eigenvalue weighted by Crippen LogP contribution is 2.33. The molecule has 3 aromatic rings. The maximum absolute atomic E-state index is 12.6. The Hall–Kier alpha value is -2.84. The van der Waals surface area contributed by atoms with Gasteiger partial charge >= 0.3 is 0 Å². The highest BCUT2D eigenvalue weighted by Gasteiger charge is 2.16. The van der Waals surface area contributed by atoms with Crippen LogP contribution in [0, 0.1) is 0 Å². The van der Waals surface area contributed by atoms with Gasteiger partial charge in [0.25, 0.3) is 5.91 Å². The fourth-order valence-electron chi connectivity index (χ4n) is 2.70. The van der Waals surface area contributed by atoms with Gasteiger partial charge in [-0.15, -0.1) is 0 Å². The van der Waals surface area contributed by atoms with Gasteiger partial charge < -0.3 is 19.5 Å². The van der Waals surface area contributed by atoms with Crippen LogP contribution in [-0.2, 0) is 17.9 Å². The SMILES string of the molecule is COc1cc(Br)c(C(=O)Nc2cnn(CCOCc3ccccc3)c2)cc1OC. The monoisotopic (exact) mass is 459 g/mol. The van der Waals surface area contributed by atoms with Crippen molar-refractivity contribution in [2.75, 3.05) is 26.1 Å². The lowest BCUT2D eigenvalue weighted by molar-refractivity contribution is 0.102. The van der Waals surface area contributed by atoms with Crippen molar-refractivity contribution < 1.29 is 19.0 Å². The number of halogens is 1. The number of nitrogens with one attached hydrogen (secondary N) is 1. The molecule has 0 saturated heterocycles. The molecule has 0 spiro atoms. The van der Waals surface area contributed by atoms with Gasteiger partial charge in [0.2, 0.25) is 0 Å². The molecule has 3 rings (SSSR count). The Kier molecular flexibility index (Phi) is 7.26. The van der Waals surface area contributed by atoms with E-state index in [1.165, 1.54) is 7.11 Å². The summed E-state index contributed by atoms with van der Waals surface area (Å²) in [5, 5.41) is 7.09. The number of hydrogen-bond acceptors (Lipinski definition) is 5. The fourth-order valence-corrected chi connectivity index (χ4v) is 3.20. The number of methoxy groups -OCH3 is 2. The number of carbonyl (C=O) groups is 1. The zero-order valence-electron chi connectivity index (χ0n) is 16.2. The van der Waals surface area contributed by atoms with Gasteiger partial charge in [-0.05, 0) is 33.6 Å². The molecule has 0 atom stereocenters. The summed E-state index contributed by atoms with van der Waals surface area (Å²) in [5.74, 6) is 0.740. The lowest BCUT2D eigenvalue weighted by atomic mass is 10.2. The van der Waals surface area contributed by atoms with Gasteiger partial charge in [-0.2, -0.15) is 5.10 Å². The maximum atomic E-state index is 12.6. The highest BCUT2D eigenvalue weighted by atomic mass is 79.9. The molecule has 0 aliphatic heterocycles. The van der Waals surface area contributed by atoms with Gasteiger partial charge in [0, 0.05) is 10.7 Å². The predicted molar refractivity (Wildman–Crippen MR) is 114 cm³/mol. The zero-order valence-corrected chi connectivity index (χ0v) is 17.8. The first kappa shape index (κ1) is 20.9. The smallest absolute Gasteiger partial charge is 0.257 e. The van der Waals surface area contributed by atoms with Gasteiger partial charge in [0.1, 0.15) is 0 Å². The van der Waals surface area contributed by atoms with Crippen molar-refractivity contribution in [1.82, 2.24) is 9.78 Å². The minimum Gasteiger partial charge on any atom is -0.493 e. The maximum Gasteiger partial charge on any atom is 0.257 e. The standard InChI is InChI=1S/C21H22BrN3O4/c1-27-19-10-17(18(22)11-20(19)28-2)21(26)24-16-12-23-25(13-16)8-9-29-14-15-6-4-3-5-7-15/h3-7,10-13H,8-9,14H2,1-2H3,(H,24,26). The van der Waals surface area contributed by atoms with Crippen LogP contribution in [0.15, 0.2) is 59.3 Å². The molecule has 1 heterocycles. The van der Waals surface area contributed by atoms with Gasteiger partial charge in [-0.1, -0.05) is 30.3 Å². The Bertz CT molecular complexity index is 960. The first-order chi connectivity index (χ1) is 14.1. The predicted octanol–water partition coefficient (Wildman–Crippen LogP) is 4.13. The summed E-state index contributed by atoms with van der Waals surface area (Å²) in [6.07, 6.45) is 3.36. The van der Waals surface area contributed by atoms with Gasteiger partial charge in [-0.25, -0.2) is 0 Å². The topological polar surface area (TPSA) is 74.6 Å². The van der Waals surface area contributed by atoms with Gasteiger partial charge in [0.15, 0.2) is 11.5 Å². The molecule has 29 heavy (non-hydrogen) atoms. The van der Waals surface area contributed by atoms with Crippen molar-refractivity contribution in [2.24, 2.45) is 0 Å². The van der Waals surface area contributed by atoms with Crippen molar-refractivity contribution in [2.45, 2.75) is 13.2 Å². The van der Waals surface area contributed by atoms with Crippen molar-refractivity contribution in [1.29, 1.82) is 0 Å². The minimum absolute atomic E-state index is 0.280. The second-order valence-corrected chi connectivity index (χ2v) is 7.03. The Morgan fingerprint density at radius 2 is 1.86 bits per heavy atom. The Balaban J connectivity index is 1.55. The van der Waals surface area contributed by atoms with Crippen LogP contribution in [-0.4, -0.2) is 36.5 Å². The van der Waals surface area contributed by atoms with E-state index in [-0.39, 0.29) is 5.91 Å². The number of benzene rings is 2. The first-order valence-corrected chi connectivity index (χ1v) is 9.77. The summed E-state index contributed by atoms with van der Waals surface area (Å²) in [6, 6.07) is 13.3. The summed E-state index contributed by atoms with van der Waals surface area (Å²) in [5.41, 5.74) is 2.16. The lowest BCUT2D eigenvalue weighted by Gasteiger charge is -2.11. The quantitative estimate of drug-likeness (QED) is 0.486. The number of nitrogens with zero attached hydrogens (tertiary/aromatic N) is 2. The third-order valence-corrected chi connectivity index (χ3v) is 4.84. The van der Waals surface area contributed by atoms with E-state index in [4.69, 9.17) is 14.2 Å². The van der Waals surface area contributed by atoms with Crippen LogP contribution in [0.3, 0.4) is 0 Å². The van der Waals surface area contributed by atoms with Crippen molar-refractivity contribution >= 4 is 27.5 Å². The average Bonchev–Trinajstić information content (AvgIpc) is 3.18. The Morgan fingerprint density at radius 1 is 1.14 bits per heavy atom. The Labute approximate surface area is 177 Å². The number of hydrogen-bond donors (Lipinski definition) is 1. The normalized spacial score (nSPS) is 10.6. The van der Waals surface area contributed by atoms with Crippen LogP contribution in [0.1, 0.15) is 15.9 Å². The molecule has 0 unspecified atom stereocenters. The second kappa shape index (κ2) is 10.1. The molecule has 0 saturated carbocycles. The van der Waals surface area contributed by atoms with Crippen molar-refractivity contribution in [3.8, 4) is 11.5 Å². The van der Waals surface area contributed by atoms with Crippen molar-refractivity contribution in [3.63, 3.8) is 0 Å². The van der Waals surface area contributed by atoms with E-state index >= 15 is 0 Å². The number of aromatic nitrogens is 2. The average molecular weight is 460 g/mol. The molecule has 0 bridgehead atoms. The second-order valence-electron chi connectivity index (χ2n) is 6.17. The molecule has 0 aliphatic rings. The van der Waals surface area contributed by atoms with Crippen LogP contribution < -0.4 is 14.8 Å². The summed E-state index contributed by atoms with van der Waals surface area (Å²) >= 11 is 3.40. The van der Waals surface area contributed by atoms with Crippen LogP contribution in [0.25, 0.3) is 0 Å². The molecule has 0 radical (unpaired) electrons. The van der Waals surface area contributed by atoms with E-state index in [0.717, 1.165) is 5.56 Å². The molecular formula is C21H22BrN3O4. The Morgan fingerprint density at radius 3 is 2.59 bits per heavy atom. The number of anilines is 1. The zero-order chi connectivity index (χ0) is 20.6. The number of amides is 1. The molecule has 8 heteroatoms. The van der Waals surface area contributed by atoms with E-state index < -0.39 is 0 Å². The van der Waals surface area contributed by atoms with Crippen LogP contribution in [0.5, 0.6) is 11.5 Å². The first-order valence-electron chi connectivity index (χ1n) is 8.97. The summed E-state index contributed by atoms with van der Waals surface area (Å²) < 4.78 is 18.5. The molecular weight excluding hydrogens is 438 g/mol. The number of rotatable bonds is 9. The third kappa shape index (κ3) is 5.58. The van der Waals surface area contributed by atoms with E-state index in [1.807, 2.05) is 30.3 Å². The van der Waals surface area contributed by atoms with Gasteiger partial charge in [-0.3, -0.25) is 9.48 Å².